The van der Waals surface area contributed by atoms with E-state index in [0.717, 1.165) is 23.4 Å². The maximum Gasteiger partial charge on any atom is 0.490 e. The first kappa shape index (κ1) is 35.3. The Morgan fingerprint density at radius 2 is 1.43 bits per heavy atom. The molecule has 1 heterocycles. The molecule has 2 amide bonds. The van der Waals surface area contributed by atoms with Crippen LogP contribution in [0.4, 0.5) is 19.0 Å². The molecular formula is C31H35F3N4O6. The number of nitrogens with zero attached hydrogens (tertiary/aromatic N) is 1. The van der Waals surface area contributed by atoms with Crippen molar-refractivity contribution < 1.29 is 42.6 Å². The van der Waals surface area contributed by atoms with E-state index in [0.29, 0.717) is 18.5 Å². The average molecular weight is 617 g/mol. The van der Waals surface area contributed by atoms with Gasteiger partial charge in [-0.1, -0.05) is 60.7 Å². The number of aromatic nitrogens is 1. The van der Waals surface area contributed by atoms with Gasteiger partial charge in [-0.2, -0.15) is 13.2 Å². The molecule has 10 nitrogen and oxygen atoms in total. The van der Waals surface area contributed by atoms with Gasteiger partial charge in [-0.05, 0) is 55.5 Å². The summed E-state index contributed by atoms with van der Waals surface area (Å²) < 4.78 is 31.7. The molecule has 3 aromatic rings. The molecule has 3 rings (SSSR count). The predicted molar refractivity (Wildman–Crippen MR) is 158 cm³/mol. The third-order valence-corrected chi connectivity index (χ3v) is 6.17. The number of unbranched alkanes of at least 4 members (excludes halogenated alkanes) is 1. The van der Waals surface area contributed by atoms with Crippen LogP contribution in [-0.2, 0) is 19.2 Å². The smallest absolute Gasteiger partial charge is 0.481 e. The van der Waals surface area contributed by atoms with Crippen molar-refractivity contribution in [1.82, 2.24) is 15.6 Å². The van der Waals surface area contributed by atoms with Crippen molar-refractivity contribution in [2.75, 3.05) is 11.9 Å². The molecule has 5 N–H and O–H groups in total. The molecule has 2 aromatic carbocycles. The van der Waals surface area contributed by atoms with Gasteiger partial charge in [0.05, 0.1) is 12.5 Å². The molecule has 0 saturated heterocycles. The minimum Gasteiger partial charge on any atom is -0.481 e. The number of carboxylic acids is 2. The van der Waals surface area contributed by atoms with Crippen LogP contribution in [0.1, 0.15) is 51.1 Å². The normalized spacial score (nSPS) is 11.8. The van der Waals surface area contributed by atoms with Gasteiger partial charge in [0.1, 0.15) is 11.4 Å². The third-order valence-electron chi connectivity index (χ3n) is 6.17. The number of aliphatic carboxylic acids is 2. The molecule has 0 saturated carbocycles. The Hall–Kier alpha value is -4.94. The number of hydrogen-bond acceptors (Lipinski definition) is 6. The topological polar surface area (TPSA) is 158 Å². The molecule has 0 bridgehead atoms. The standard InChI is InChI=1S/C29H34N4O4.C2HF3O2/c1-29(2,33-26(34)13-7-9-19-31-25-12-6-8-18-30-25)28(37)32-24(20-27(35)36)23-16-14-22(15-17-23)21-10-4-3-5-11-21;3-2(4,5)1(6)7/h3-6,8,10-12,14-18,24H,7,9,13,19-20H2,1-2H3,(H,30,31)(H,32,37)(H,33,34)(H,35,36);(H,6,7). The van der Waals surface area contributed by atoms with E-state index in [1.807, 2.05) is 72.8 Å². The van der Waals surface area contributed by atoms with E-state index in [9.17, 15) is 32.7 Å². The molecule has 1 atom stereocenters. The molecule has 0 aliphatic heterocycles. The van der Waals surface area contributed by atoms with Crippen LogP contribution < -0.4 is 16.0 Å². The Morgan fingerprint density at radius 1 is 0.841 bits per heavy atom. The Bertz CT molecular complexity index is 1370. The van der Waals surface area contributed by atoms with Crippen LogP contribution >= 0.6 is 0 Å². The van der Waals surface area contributed by atoms with Crippen LogP contribution in [0.15, 0.2) is 79.0 Å². The third kappa shape index (κ3) is 12.5. The van der Waals surface area contributed by atoms with E-state index in [-0.39, 0.29) is 18.7 Å². The number of nitrogens with one attached hydrogen (secondary N) is 3. The zero-order chi connectivity index (χ0) is 32.8. The lowest BCUT2D eigenvalue weighted by Crippen LogP contribution is -2.55. The van der Waals surface area contributed by atoms with Gasteiger partial charge in [0, 0.05) is 19.2 Å². The lowest BCUT2D eigenvalue weighted by Gasteiger charge is -2.28. The molecule has 0 spiro atoms. The van der Waals surface area contributed by atoms with Crippen LogP contribution in [0.25, 0.3) is 11.1 Å². The molecule has 44 heavy (non-hydrogen) atoms. The summed E-state index contributed by atoms with van der Waals surface area (Å²) in [6, 6.07) is 22.2. The minimum absolute atomic E-state index is 0.236. The van der Waals surface area contributed by atoms with Gasteiger partial charge in [-0.15, -0.1) is 0 Å². The van der Waals surface area contributed by atoms with Crippen molar-refractivity contribution in [2.45, 2.75) is 57.3 Å². The number of amides is 2. The molecule has 0 aliphatic carbocycles. The Labute approximate surface area is 252 Å². The molecule has 0 radical (unpaired) electrons. The van der Waals surface area contributed by atoms with E-state index >= 15 is 0 Å². The predicted octanol–water partition coefficient (Wildman–Crippen LogP) is 5.19. The first-order valence-corrected chi connectivity index (χ1v) is 13.6. The zero-order valence-electron chi connectivity index (χ0n) is 24.2. The highest BCUT2D eigenvalue weighted by Crippen LogP contribution is 2.24. The minimum atomic E-state index is -5.08. The van der Waals surface area contributed by atoms with Gasteiger partial charge in [-0.3, -0.25) is 14.4 Å². The zero-order valence-corrected chi connectivity index (χ0v) is 24.2. The molecular weight excluding hydrogens is 581 g/mol. The van der Waals surface area contributed by atoms with Gasteiger partial charge >= 0.3 is 18.1 Å². The highest BCUT2D eigenvalue weighted by molar-refractivity contribution is 5.91. The fraction of sp³-hybridized carbons (Fsp3) is 0.323. The fourth-order valence-corrected chi connectivity index (χ4v) is 3.87. The largest absolute Gasteiger partial charge is 0.490 e. The summed E-state index contributed by atoms with van der Waals surface area (Å²) in [4.78, 5) is 50.1. The first-order chi connectivity index (χ1) is 20.7. The van der Waals surface area contributed by atoms with Gasteiger partial charge in [0.15, 0.2) is 0 Å². The van der Waals surface area contributed by atoms with E-state index in [1.54, 1.807) is 20.0 Å². The van der Waals surface area contributed by atoms with Crippen LogP contribution in [0.3, 0.4) is 0 Å². The number of pyridine rings is 1. The molecule has 236 valence electrons. The molecule has 1 unspecified atom stereocenters. The summed E-state index contributed by atoms with van der Waals surface area (Å²) in [6.45, 7) is 3.91. The van der Waals surface area contributed by atoms with Gasteiger partial charge in [-0.25, -0.2) is 9.78 Å². The Balaban J connectivity index is 0.000000860. The van der Waals surface area contributed by atoms with Crippen molar-refractivity contribution in [3.63, 3.8) is 0 Å². The molecule has 13 heteroatoms. The quantitative estimate of drug-likeness (QED) is 0.164. The maximum atomic E-state index is 13.1. The SMILES string of the molecule is CC(C)(NC(=O)CCCCNc1ccccn1)C(=O)NC(CC(=O)O)c1ccc(-c2ccccc2)cc1.O=C(O)C(F)(F)F. The van der Waals surface area contributed by atoms with Crippen molar-refractivity contribution in [1.29, 1.82) is 0 Å². The number of carbonyl (C=O) groups excluding carboxylic acids is 2. The average Bonchev–Trinajstić information content (AvgIpc) is 2.97. The van der Waals surface area contributed by atoms with Crippen molar-refractivity contribution in [3.8, 4) is 11.1 Å². The van der Waals surface area contributed by atoms with Crippen LogP contribution in [0, 0.1) is 0 Å². The van der Waals surface area contributed by atoms with Crippen LogP contribution in [0.2, 0.25) is 0 Å². The number of hydrogen-bond donors (Lipinski definition) is 5. The van der Waals surface area contributed by atoms with Crippen molar-refractivity contribution >= 4 is 29.6 Å². The fourth-order valence-electron chi connectivity index (χ4n) is 3.87. The number of alkyl halides is 3. The highest BCUT2D eigenvalue weighted by atomic mass is 19.4. The summed E-state index contributed by atoms with van der Waals surface area (Å²) in [7, 11) is 0. The lowest BCUT2D eigenvalue weighted by molar-refractivity contribution is -0.192. The van der Waals surface area contributed by atoms with Gasteiger partial charge < -0.3 is 26.2 Å². The maximum absolute atomic E-state index is 13.1. The van der Waals surface area contributed by atoms with Crippen LogP contribution in [0.5, 0.6) is 0 Å². The Morgan fingerprint density at radius 3 is 1.98 bits per heavy atom. The van der Waals surface area contributed by atoms with Crippen LogP contribution in [-0.4, -0.2) is 57.2 Å². The molecule has 0 fully saturated rings. The molecule has 1 aromatic heterocycles. The summed E-state index contributed by atoms with van der Waals surface area (Å²) in [6.07, 6.45) is -1.94. The number of rotatable bonds is 13. The second-order valence-corrected chi connectivity index (χ2v) is 10.2. The summed E-state index contributed by atoms with van der Waals surface area (Å²) in [5.41, 5.74) is 1.51. The van der Waals surface area contributed by atoms with Crippen molar-refractivity contribution in [3.05, 3.63) is 84.6 Å². The number of benzene rings is 2. The van der Waals surface area contributed by atoms with E-state index in [1.165, 1.54) is 0 Å². The first-order valence-electron chi connectivity index (χ1n) is 13.6. The van der Waals surface area contributed by atoms with Crippen molar-refractivity contribution in [2.24, 2.45) is 0 Å². The summed E-state index contributed by atoms with van der Waals surface area (Å²) >= 11 is 0. The van der Waals surface area contributed by atoms with E-state index < -0.39 is 35.6 Å². The summed E-state index contributed by atoms with van der Waals surface area (Å²) in [5, 5.41) is 25.3. The summed E-state index contributed by atoms with van der Waals surface area (Å²) in [5.74, 6) is -3.68. The second-order valence-electron chi connectivity index (χ2n) is 10.2. The van der Waals surface area contributed by atoms with Gasteiger partial charge in [0.2, 0.25) is 11.8 Å². The highest BCUT2D eigenvalue weighted by Gasteiger charge is 2.38. The number of carboxylic acid groups (broad SMARTS) is 2. The second kappa shape index (κ2) is 16.6. The number of anilines is 1. The lowest BCUT2D eigenvalue weighted by atomic mass is 9.97. The molecule has 0 aliphatic rings. The number of halogens is 3. The number of carbonyl (C=O) groups is 4. The van der Waals surface area contributed by atoms with Gasteiger partial charge in [0.25, 0.3) is 0 Å². The monoisotopic (exact) mass is 616 g/mol. The van der Waals surface area contributed by atoms with E-state index in [2.05, 4.69) is 20.9 Å². The Kier molecular flexibility index (Phi) is 13.3. The van der Waals surface area contributed by atoms with E-state index in [4.69, 9.17) is 9.90 Å².